The second-order valence-corrected chi connectivity index (χ2v) is 5.47. The molecule has 0 aliphatic heterocycles. The molecular formula is C13H27N3O2. The fourth-order valence-corrected chi connectivity index (χ4v) is 1.80. The Morgan fingerprint density at radius 1 is 0.944 bits per heavy atom. The summed E-state index contributed by atoms with van der Waals surface area (Å²) >= 11 is 0. The topological polar surface area (TPSA) is 61.4 Å². The molecule has 0 saturated heterocycles. The van der Waals surface area contributed by atoms with E-state index < -0.39 is 6.04 Å². The van der Waals surface area contributed by atoms with Gasteiger partial charge in [-0.25, -0.2) is 0 Å². The first-order valence-corrected chi connectivity index (χ1v) is 6.41. The third-order valence-electron chi connectivity index (χ3n) is 2.93. The lowest BCUT2D eigenvalue weighted by molar-refractivity contribution is -0.136. The van der Waals surface area contributed by atoms with Crippen molar-refractivity contribution in [3.63, 3.8) is 0 Å². The van der Waals surface area contributed by atoms with Crippen molar-refractivity contribution in [2.24, 2.45) is 11.8 Å². The molecule has 18 heavy (non-hydrogen) atoms. The number of carbonyl (C=O) groups excluding carboxylic acids is 2. The highest BCUT2D eigenvalue weighted by molar-refractivity contribution is 5.89. The maximum atomic E-state index is 12.1. The predicted octanol–water partition coefficient (Wildman–Crippen LogP) is 0.459. The van der Waals surface area contributed by atoms with Crippen molar-refractivity contribution in [3.8, 4) is 0 Å². The zero-order valence-corrected chi connectivity index (χ0v) is 12.6. The van der Waals surface area contributed by atoms with E-state index in [1.165, 1.54) is 4.90 Å². The van der Waals surface area contributed by atoms with Crippen molar-refractivity contribution in [1.82, 2.24) is 15.5 Å². The van der Waals surface area contributed by atoms with Crippen LogP contribution in [0.1, 0.15) is 27.7 Å². The Kier molecular flexibility index (Phi) is 6.91. The molecule has 0 aliphatic carbocycles. The molecule has 5 heteroatoms. The average molecular weight is 257 g/mol. The summed E-state index contributed by atoms with van der Waals surface area (Å²) in [6.45, 7) is 7.80. The summed E-state index contributed by atoms with van der Waals surface area (Å²) in [4.78, 5) is 25.6. The van der Waals surface area contributed by atoms with Gasteiger partial charge in [-0.2, -0.15) is 0 Å². The average Bonchev–Trinajstić information content (AvgIpc) is 2.24. The first-order chi connectivity index (χ1) is 8.22. The second-order valence-electron chi connectivity index (χ2n) is 5.47. The molecule has 0 aromatic carbocycles. The van der Waals surface area contributed by atoms with Crippen LogP contribution in [-0.4, -0.2) is 49.9 Å². The van der Waals surface area contributed by atoms with E-state index >= 15 is 0 Å². The largest absolute Gasteiger partial charge is 0.347 e. The van der Waals surface area contributed by atoms with Crippen molar-refractivity contribution in [3.05, 3.63) is 0 Å². The maximum absolute atomic E-state index is 12.1. The van der Waals surface area contributed by atoms with Crippen molar-refractivity contribution < 1.29 is 9.59 Å². The summed E-state index contributed by atoms with van der Waals surface area (Å²) in [5.74, 6) is 0.0455. The van der Waals surface area contributed by atoms with Gasteiger partial charge < -0.3 is 15.5 Å². The Balaban J connectivity index is 4.79. The molecule has 2 amide bonds. The van der Waals surface area contributed by atoms with Crippen LogP contribution < -0.4 is 10.6 Å². The first-order valence-electron chi connectivity index (χ1n) is 6.41. The Morgan fingerprint density at radius 2 is 1.39 bits per heavy atom. The normalized spacial score (nSPS) is 14.5. The molecule has 0 aromatic heterocycles. The minimum absolute atomic E-state index is 0.0634. The minimum Gasteiger partial charge on any atom is -0.347 e. The van der Waals surface area contributed by atoms with Crippen molar-refractivity contribution >= 4 is 11.8 Å². The van der Waals surface area contributed by atoms with Gasteiger partial charge in [0.15, 0.2) is 0 Å². The Labute approximate surface area is 110 Å². The molecule has 0 bridgehead atoms. The first kappa shape index (κ1) is 16.9. The van der Waals surface area contributed by atoms with E-state index in [9.17, 15) is 9.59 Å². The van der Waals surface area contributed by atoms with Gasteiger partial charge in [0, 0.05) is 14.1 Å². The Bertz CT molecular complexity index is 288. The van der Waals surface area contributed by atoms with Crippen LogP contribution in [0.4, 0.5) is 0 Å². The van der Waals surface area contributed by atoms with Crippen LogP contribution in [0.25, 0.3) is 0 Å². The van der Waals surface area contributed by atoms with Crippen LogP contribution in [-0.2, 0) is 9.59 Å². The molecule has 5 nitrogen and oxygen atoms in total. The number of likely N-dealkylation sites (N-methyl/N-ethyl adjacent to an activating group) is 2. The zero-order valence-electron chi connectivity index (χ0n) is 12.6. The highest BCUT2D eigenvalue weighted by Gasteiger charge is 2.29. The van der Waals surface area contributed by atoms with Crippen molar-refractivity contribution in [2.75, 3.05) is 21.1 Å². The molecule has 2 unspecified atom stereocenters. The molecule has 0 rings (SSSR count). The number of rotatable bonds is 6. The van der Waals surface area contributed by atoms with Gasteiger partial charge in [0.25, 0.3) is 0 Å². The standard InChI is InChI=1S/C13H27N3O2/c1-8(2)10(14-5)12(17)15-11(9(3)4)13(18)16(6)7/h8-11,14H,1-7H3,(H,15,17). The smallest absolute Gasteiger partial charge is 0.244 e. The van der Waals surface area contributed by atoms with Crippen LogP contribution in [0.3, 0.4) is 0 Å². The van der Waals surface area contributed by atoms with Gasteiger partial charge in [0.1, 0.15) is 6.04 Å². The Hall–Kier alpha value is -1.10. The van der Waals surface area contributed by atoms with E-state index in [0.29, 0.717) is 0 Å². The van der Waals surface area contributed by atoms with E-state index in [4.69, 9.17) is 0 Å². The third kappa shape index (κ3) is 4.64. The molecule has 0 spiro atoms. The van der Waals surface area contributed by atoms with Gasteiger partial charge in [0.2, 0.25) is 11.8 Å². The fraction of sp³-hybridized carbons (Fsp3) is 0.846. The van der Waals surface area contributed by atoms with E-state index in [2.05, 4.69) is 10.6 Å². The SMILES string of the molecule is CNC(C(=O)NC(C(=O)N(C)C)C(C)C)C(C)C. The number of hydrogen-bond acceptors (Lipinski definition) is 3. The molecule has 2 N–H and O–H groups in total. The molecule has 0 saturated carbocycles. The highest BCUT2D eigenvalue weighted by Crippen LogP contribution is 2.07. The van der Waals surface area contributed by atoms with Gasteiger partial charge in [-0.05, 0) is 18.9 Å². The van der Waals surface area contributed by atoms with E-state index in [1.54, 1.807) is 21.1 Å². The maximum Gasteiger partial charge on any atom is 0.244 e. The quantitative estimate of drug-likeness (QED) is 0.726. The van der Waals surface area contributed by atoms with Crippen LogP contribution >= 0.6 is 0 Å². The number of nitrogens with one attached hydrogen (secondary N) is 2. The lowest BCUT2D eigenvalue weighted by Gasteiger charge is -2.27. The van der Waals surface area contributed by atoms with Gasteiger partial charge in [-0.3, -0.25) is 9.59 Å². The summed E-state index contributed by atoms with van der Waals surface area (Å²) in [7, 11) is 5.14. The van der Waals surface area contributed by atoms with Crippen LogP contribution in [0.5, 0.6) is 0 Å². The number of hydrogen-bond donors (Lipinski definition) is 2. The molecule has 0 fully saturated rings. The highest BCUT2D eigenvalue weighted by atomic mass is 16.2. The lowest BCUT2D eigenvalue weighted by Crippen LogP contribution is -2.55. The van der Waals surface area contributed by atoms with Crippen molar-refractivity contribution in [2.45, 2.75) is 39.8 Å². The number of nitrogens with zero attached hydrogens (tertiary/aromatic N) is 1. The molecule has 0 aliphatic rings. The zero-order chi connectivity index (χ0) is 14.5. The minimum atomic E-state index is -0.470. The summed E-state index contributed by atoms with van der Waals surface area (Å²) < 4.78 is 0. The molecule has 2 atom stereocenters. The summed E-state index contributed by atoms with van der Waals surface area (Å²) in [5.41, 5.74) is 0. The van der Waals surface area contributed by atoms with Gasteiger partial charge >= 0.3 is 0 Å². The van der Waals surface area contributed by atoms with E-state index in [1.807, 2.05) is 27.7 Å². The van der Waals surface area contributed by atoms with Crippen molar-refractivity contribution in [1.29, 1.82) is 0 Å². The molecular weight excluding hydrogens is 230 g/mol. The fourth-order valence-electron chi connectivity index (χ4n) is 1.80. The third-order valence-corrected chi connectivity index (χ3v) is 2.93. The molecule has 0 aromatic rings. The summed E-state index contributed by atoms with van der Waals surface area (Å²) in [6.07, 6.45) is 0. The molecule has 0 radical (unpaired) electrons. The number of amides is 2. The second kappa shape index (κ2) is 7.36. The van der Waals surface area contributed by atoms with Crippen LogP contribution in [0, 0.1) is 11.8 Å². The van der Waals surface area contributed by atoms with E-state index in [-0.39, 0.29) is 29.7 Å². The van der Waals surface area contributed by atoms with Gasteiger partial charge in [-0.1, -0.05) is 27.7 Å². The van der Waals surface area contributed by atoms with E-state index in [0.717, 1.165) is 0 Å². The van der Waals surface area contributed by atoms with Gasteiger partial charge in [0.05, 0.1) is 6.04 Å². The lowest BCUT2D eigenvalue weighted by atomic mass is 9.99. The van der Waals surface area contributed by atoms with Crippen LogP contribution in [0.15, 0.2) is 0 Å². The number of carbonyl (C=O) groups is 2. The van der Waals surface area contributed by atoms with Gasteiger partial charge in [-0.15, -0.1) is 0 Å². The van der Waals surface area contributed by atoms with Crippen LogP contribution in [0.2, 0.25) is 0 Å². The monoisotopic (exact) mass is 257 g/mol. The Morgan fingerprint density at radius 3 is 1.67 bits per heavy atom. The molecule has 0 heterocycles. The summed E-state index contributed by atoms with van der Waals surface area (Å²) in [5, 5.41) is 5.81. The summed E-state index contributed by atoms with van der Waals surface area (Å²) in [6, 6.07) is -0.747. The predicted molar refractivity (Wildman–Crippen MR) is 73.1 cm³/mol. The molecule has 106 valence electrons.